The SMILES string of the molecule is Cc1nc(Cl)c(NCc2nc(C)c(C)o2)nc1C. The molecule has 0 unspecified atom stereocenters. The Morgan fingerprint density at radius 2 is 1.67 bits per heavy atom. The lowest BCUT2D eigenvalue weighted by atomic mass is 10.3. The highest BCUT2D eigenvalue weighted by Crippen LogP contribution is 2.19. The molecule has 0 saturated carbocycles. The first-order valence-corrected chi connectivity index (χ1v) is 6.02. The second-order valence-corrected chi connectivity index (χ2v) is 4.49. The van der Waals surface area contributed by atoms with Crippen molar-refractivity contribution in [3.05, 3.63) is 33.9 Å². The summed E-state index contributed by atoms with van der Waals surface area (Å²) in [5.74, 6) is 1.98. The van der Waals surface area contributed by atoms with E-state index in [9.17, 15) is 0 Å². The molecule has 2 rings (SSSR count). The highest BCUT2D eigenvalue weighted by Gasteiger charge is 2.09. The molecule has 5 nitrogen and oxygen atoms in total. The summed E-state index contributed by atoms with van der Waals surface area (Å²) in [6, 6.07) is 0. The molecular formula is C12H15ClN4O. The highest BCUT2D eigenvalue weighted by molar-refractivity contribution is 6.31. The van der Waals surface area contributed by atoms with Gasteiger partial charge in [0.05, 0.1) is 23.6 Å². The van der Waals surface area contributed by atoms with E-state index in [-0.39, 0.29) is 0 Å². The number of hydrogen-bond donors (Lipinski definition) is 1. The van der Waals surface area contributed by atoms with Crippen LogP contribution in [0.3, 0.4) is 0 Å². The predicted molar refractivity (Wildman–Crippen MR) is 69.8 cm³/mol. The van der Waals surface area contributed by atoms with Crippen molar-refractivity contribution in [3.63, 3.8) is 0 Å². The van der Waals surface area contributed by atoms with Crippen molar-refractivity contribution in [2.24, 2.45) is 0 Å². The smallest absolute Gasteiger partial charge is 0.213 e. The molecule has 0 aliphatic rings. The standard InChI is InChI=1S/C12H15ClN4O/c1-6-7(2)17-12(11(13)16-6)14-5-10-15-8(3)9(4)18-10/h5H2,1-4H3,(H,14,17). The van der Waals surface area contributed by atoms with E-state index in [0.717, 1.165) is 22.8 Å². The summed E-state index contributed by atoms with van der Waals surface area (Å²) in [7, 11) is 0. The first kappa shape index (κ1) is 12.8. The molecule has 0 aliphatic heterocycles. The average molecular weight is 267 g/mol. The van der Waals surface area contributed by atoms with Crippen LogP contribution in [0.5, 0.6) is 0 Å². The molecule has 2 heterocycles. The molecule has 0 saturated heterocycles. The maximum Gasteiger partial charge on any atom is 0.213 e. The largest absolute Gasteiger partial charge is 0.444 e. The number of nitrogens with one attached hydrogen (secondary N) is 1. The lowest BCUT2D eigenvalue weighted by Gasteiger charge is -2.07. The molecular weight excluding hydrogens is 252 g/mol. The maximum absolute atomic E-state index is 6.02. The summed E-state index contributed by atoms with van der Waals surface area (Å²) in [5.41, 5.74) is 2.57. The Kier molecular flexibility index (Phi) is 3.52. The van der Waals surface area contributed by atoms with Gasteiger partial charge < -0.3 is 9.73 Å². The van der Waals surface area contributed by atoms with Gasteiger partial charge in [-0.05, 0) is 27.7 Å². The van der Waals surface area contributed by atoms with Crippen LogP contribution in [-0.4, -0.2) is 15.0 Å². The summed E-state index contributed by atoms with van der Waals surface area (Å²) in [5, 5.41) is 3.44. The molecule has 2 aromatic rings. The lowest BCUT2D eigenvalue weighted by molar-refractivity contribution is 0.478. The van der Waals surface area contributed by atoms with E-state index >= 15 is 0 Å². The van der Waals surface area contributed by atoms with Crippen molar-refractivity contribution in [2.75, 3.05) is 5.32 Å². The maximum atomic E-state index is 6.02. The molecule has 96 valence electrons. The monoisotopic (exact) mass is 266 g/mol. The van der Waals surface area contributed by atoms with Crippen molar-refractivity contribution in [3.8, 4) is 0 Å². The summed E-state index contributed by atoms with van der Waals surface area (Å²) in [4.78, 5) is 12.8. The van der Waals surface area contributed by atoms with Gasteiger partial charge in [-0.15, -0.1) is 0 Å². The minimum atomic E-state index is 0.359. The third kappa shape index (κ3) is 2.61. The van der Waals surface area contributed by atoms with Crippen molar-refractivity contribution in [2.45, 2.75) is 34.2 Å². The van der Waals surface area contributed by atoms with Crippen LogP contribution in [0.4, 0.5) is 5.82 Å². The Morgan fingerprint density at radius 1 is 1.00 bits per heavy atom. The van der Waals surface area contributed by atoms with Crippen LogP contribution in [-0.2, 0) is 6.54 Å². The molecule has 0 amide bonds. The van der Waals surface area contributed by atoms with Crippen LogP contribution in [0.15, 0.2) is 4.42 Å². The molecule has 0 atom stereocenters. The predicted octanol–water partition coefficient (Wildman–Crippen LogP) is 2.96. The van der Waals surface area contributed by atoms with Crippen LogP contribution in [0, 0.1) is 27.7 Å². The molecule has 0 bridgehead atoms. The van der Waals surface area contributed by atoms with Gasteiger partial charge in [0.25, 0.3) is 0 Å². The normalized spacial score (nSPS) is 10.7. The molecule has 0 aliphatic carbocycles. The topological polar surface area (TPSA) is 63.8 Å². The van der Waals surface area contributed by atoms with Crippen LogP contribution in [0.25, 0.3) is 0 Å². The molecule has 0 spiro atoms. The first-order chi connectivity index (χ1) is 8.47. The summed E-state index contributed by atoms with van der Waals surface area (Å²) in [6.07, 6.45) is 0. The van der Waals surface area contributed by atoms with Gasteiger partial charge in [0.2, 0.25) is 5.89 Å². The van der Waals surface area contributed by atoms with E-state index < -0.39 is 0 Å². The quantitative estimate of drug-likeness (QED) is 0.925. The fourth-order valence-electron chi connectivity index (χ4n) is 1.46. The number of oxazole rings is 1. The van der Waals surface area contributed by atoms with E-state index in [2.05, 4.69) is 20.3 Å². The number of anilines is 1. The summed E-state index contributed by atoms with van der Waals surface area (Å²) < 4.78 is 5.46. The van der Waals surface area contributed by atoms with Crippen molar-refractivity contribution < 1.29 is 4.42 Å². The lowest BCUT2D eigenvalue weighted by Crippen LogP contribution is -2.05. The Morgan fingerprint density at radius 3 is 2.28 bits per heavy atom. The minimum Gasteiger partial charge on any atom is -0.444 e. The van der Waals surface area contributed by atoms with E-state index in [4.69, 9.17) is 16.0 Å². The third-order valence-electron chi connectivity index (χ3n) is 2.74. The minimum absolute atomic E-state index is 0.359. The zero-order valence-corrected chi connectivity index (χ0v) is 11.6. The van der Waals surface area contributed by atoms with Crippen molar-refractivity contribution in [1.82, 2.24) is 15.0 Å². The first-order valence-electron chi connectivity index (χ1n) is 5.65. The molecule has 6 heteroatoms. The van der Waals surface area contributed by atoms with Crippen LogP contribution >= 0.6 is 11.6 Å². The number of hydrogen-bond acceptors (Lipinski definition) is 5. The van der Waals surface area contributed by atoms with Gasteiger partial charge in [0.15, 0.2) is 11.0 Å². The number of rotatable bonds is 3. The Balaban J connectivity index is 2.13. The number of halogens is 1. The number of aryl methyl sites for hydroxylation is 4. The molecule has 0 aromatic carbocycles. The Bertz CT molecular complexity index is 560. The fraction of sp³-hybridized carbons (Fsp3) is 0.417. The van der Waals surface area contributed by atoms with Gasteiger partial charge in [-0.3, -0.25) is 0 Å². The zero-order chi connectivity index (χ0) is 13.3. The number of nitrogens with zero attached hydrogens (tertiary/aromatic N) is 3. The third-order valence-corrected chi connectivity index (χ3v) is 3.01. The van der Waals surface area contributed by atoms with Gasteiger partial charge in [-0.25, -0.2) is 15.0 Å². The van der Waals surface area contributed by atoms with Gasteiger partial charge >= 0.3 is 0 Å². The summed E-state index contributed by atoms with van der Waals surface area (Å²) in [6.45, 7) is 7.99. The highest BCUT2D eigenvalue weighted by atomic mass is 35.5. The van der Waals surface area contributed by atoms with Crippen LogP contribution in [0.2, 0.25) is 5.15 Å². The number of aromatic nitrogens is 3. The average Bonchev–Trinajstić information content (AvgIpc) is 2.62. The van der Waals surface area contributed by atoms with Crippen molar-refractivity contribution in [1.29, 1.82) is 0 Å². The fourth-order valence-corrected chi connectivity index (χ4v) is 1.70. The van der Waals surface area contributed by atoms with E-state index in [1.54, 1.807) is 0 Å². The zero-order valence-electron chi connectivity index (χ0n) is 10.8. The van der Waals surface area contributed by atoms with Gasteiger partial charge in [-0.1, -0.05) is 11.6 Å². The van der Waals surface area contributed by atoms with Crippen molar-refractivity contribution >= 4 is 17.4 Å². The van der Waals surface area contributed by atoms with Gasteiger partial charge in [0.1, 0.15) is 5.76 Å². The van der Waals surface area contributed by atoms with Gasteiger partial charge in [0, 0.05) is 0 Å². The second-order valence-electron chi connectivity index (χ2n) is 4.14. The molecule has 0 radical (unpaired) electrons. The molecule has 2 aromatic heterocycles. The Hall–Kier alpha value is -1.62. The molecule has 1 N–H and O–H groups in total. The van der Waals surface area contributed by atoms with E-state index in [0.29, 0.717) is 23.4 Å². The molecule has 0 fully saturated rings. The Labute approximate surface area is 111 Å². The van der Waals surface area contributed by atoms with E-state index in [1.807, 2.05) is 27.7 Å². The van der Waals surface area contributed by atoms with Crippen LogP contribution < -0.4 is 5.32 Å². The van der Waals surface area contributed by atoms with E-state index in [1.165, 1.54) is 0 Å². The second kappa shape index (κ2) is 4.94. The van der Waals surface area contributed by atoms with Crippen LogP contribution in [0.1, 0.15) is 28.7 Å². The molecule has 18 heavy (non-hydrogen) atoms. The summed E-state index contributed by atoms with van der Waals surface area (Å²) >= 11 is 6.02. The van der Waals surface area contributed by atoms with Gasteiger partial charge in [-0.2, -0.15) is 0 Å².